The Kier molecular flexibility index (Phi) is 5.47. The molecule has 0 spiro atoms. The van der Waals surface area contributed by atoms with Crippen molar-refractivity contribution in [2.45, 2.75) is 44.6 Å². The number of rotatable bonds is 6. The first-order chi connectivity index (χ1) is 14.0. The molecule has 0 bridgehead atoms. The van der Waals surface area contributed by atoms with Crippen molar-refractivity contribution >= 4 is 22.6 Å². The Hall–Kier alpha value is -2.95. The molecule has 2 aromatic carbocycles. The second kappa shape index (κ2) is 8.19. The van der Waals surface area contributed by atoms with Crippen molar-refractivity contribution < 1.29 is 14.3 Å². The normalized spacial score (nSPS) is 14.4. The Morgan fingerprint density at radius 1 is 1.17 bits per heavy atom. The highest BCUT2D eigenvalue weighted by Gasteiger charge is 2.21. The van der Waals surface area contributed by atoms with Gasteiger partial charge in [-0.05, 0) is 73.6 Å². The van der Waals surface area contributed by atoms with Gasteiger partial charge >= 0.3 is 5.97 Å². The molecule has 1 heterocycles. The lowest BCUT2D eigenvalue weighted by Gasteiger charge is -2.20. The number of aromatic nitrogens is 1. The average molecular weight is 392 g/mol. The molecule has 29 heavy (non-hydrogen) atoms. The second-order valence-corrected chi connectivity index (χ2v) is 7.86. The van der Waals surface area contributed by atoms with E-state index < -0.39 is 0 Å². The van der Waals surface area contributed by atoms with E-state index in [1.165, 1.54) is 30.9 Å². The molecule has 0 atom stereocenters. The standard InChI is InChI=1S/C24H28N2O3/c1-26-12-11-18-15-17(8-9-22(18)26)20-13-16(7-10-23(27)28-2)14-21(25)24(20)29-19-5-3-4-6-19/h8-9,11-15,19H,3-7,10,25H2,1-2H3. The van der Waals surface area contributed by atoms with E-state index in [4.69, 9.17) is 15.2 Å². The Morgan fingerprint density at radius 3 is 2.72 bits per heavy atom. The van der Waals surface area contributed by atoms with Crippen molar-refractivity contribution in [1.29, 1.82) is 0 Å². The zero-order valence-electron chi connectivity index (χ0n) is 17.1. The van der Waals surface area contributed by atoms with Gasteiger partial charge < -0.3 is 19.8 Å². The van der Waals surface area contributed by atoms with Crippen LogP contribution in [-0.2, 0) is 23.0 Å². The molecule has 0 radical (unpaired) electrons. The van der Waals surface area contributed by atoms with E-state index in [0.29, 0.717) is 18.5 Å². The number of nitrogens with two attached hydrogens (primary N) is 1. The van der Waals surface area contributed by atoms with E-state index in [0.717, 1.165) is 35.3 Å². The maximum absolute atomic E-state index is 11.6. The number of methoxy groups -OCH3 is 1. The molecule has 5 nitrogen and oxygen atoms in total. The van der Waals surface area contributed by atoms with Crippen LogP contribution in [0.25, 0.3) is 22.0 Å². The molecule has 0 amide bonds. The smallest absolute Gasteiger partial charge is 0.305 e. The topological polar surface area (TPSA) is 66.5 Å². The van der Waals surface area contributed by atoms with Crippen LogP contribution in [-0.4, -0.2) is 23.8 Å². The highest BCUT2D eigenvalue weighted by atomic mass is 16.5. The summed E-state index contributed by atoms with van der Waals surface area (Å²) in [6.45, 7) is 0. The number of ether oxygens (including phenoxy) is 2. The van der Waals surface area contributed by atoms with E-state index in [9.17, 15) is 4.79 Å². The highest BCUT2D eigenvalue weighted by Crippen LogP contribution is 2.40. The van der Waals surface area contributed by atoms with Crippen LogP contribution in [0.15, 0.2) is 42.6 Å². The van der Waals surface area contributed by atoms with Gasteiger partial charge in [-0.2, -0.15) is 0 Å². The van der Waals surface area contributed by atoms with E-state index in [2.05, 4.69) is 41.1 Å². The quantitative estimate of drug-likeness (QED) is 0.481. The highest BCUT2D eigenvalue weighted by molar-refractivity contribution is 5.88. The number of anilines is 1. The van der Waals surface area contributed by atoms with E-state index in [-0.39, 0.29) is 12.1 Å². The second-order valence-electron chi connectivity index (χ2n) is 7.86. The van der Waals surface area contributed by atoms with E-state index in [1.54, 1.807) is 0 Å². The predicted octanol–water partition coefficient (Wildman–Crippen LogP) is 4.85. The Balaban J connectivity index is 1.75. The van der Waals surface area contributed by atoms with Crippen LogP contribution in [0.1, 0.15) is 37.7 Å². The fourth-order valence-corrected chi connectivity index (χ4v) is 4.17. The minimum absolute atomic E-state index is 0.220. The van der Waals surface area contributed by atoms with Crippen LogP contribution < -0.4 is 10.5 Å². The molecule has 1 fully saturated rings. The number of nitrogens with zero attached hydrogens (tertiary/aromatic N) is 1. The van der Waals surface area contributed by atoms with E-state index >= 15 is 0 Å². The Morgan fingerprint density at radius 2 is 1.97 bits per heavy atom. The Labute approximate surface area is 171 Å². The van der Waals surface area contributed by atoms with Crippen LogP contribution in [0.5, 0.6) is 5.75 Å². The third kappa shape index (κ3) is 4.09. The van der Waals surface area contributed by atoms with Crippen LogP contribution in [0.4, 0.5) is 5.69 Å². The first-order valence-electron chi connectivity index (χ1n) is 10.3. The molecular formula is C24H28N2O3. The number of hydrogen-bond donors (Lipinski definition) is 1. The fourth-order valence-electron chi connectivity index (χ4n) is 4.17. The molecule has 1 aliphatic carbocycles. The summed E-state index contributed by atoms with van der Waals surface area (Å²) in [5.41, 5.74) is 11.3. The molecule has 0 unspecified atom stereocenters. The summed E-state index contributed by atoms with van der Waals surface area (Å²) in [5, 5.41) is 1.18. The van der Waals surface area contributed by atoms with Crippen molar-refractivity contribution in [2.75, 3.05) is 12.8 Å². The number of carbonyl (C=O) groups excluding carboxylic acids is 1. The minimum atomic E-state index is -0.220. The summed E-state index contributed by atoms with van der Waals surface area (Å²) in [6.07, 6.45) is 7.74. The van der Waals surface area contributed by atoms with Crippen molar-refractivity contribution in [2.24, 2.45) is 7.05 Å². The van der Waals surface area contributed by atoms with Gasteiger partial charge in [0, 0.05) is 36.1 Å². The fraction of sp³-hybridized carbons (Fsp3) is 0.375. The van der Waals surface area contributed by atoms with Gasteiger partial charge in [-0.15, -0.1) is 0 Å². The number of esters is 1. The van der Waals surface area contributed by atoms with Crippen molar-refractivity contribution in [3.05, 3.63) is 48.2 Å². The van der Waals surface area contributed by atoms with Gasteiger partial charge in [0.2, 0.25) is 0 Å². The van der Waals surface area contributed by atoms with Gasteiger partial charge in [-0.3, -0.25) is 4.79 Å². The summed E-state index contributed by atoms with van der Waals surface area (Å²) in [7, 11) is 3.46. The lowest BCUT2D eigenvalue weighted by Crippen LogP contribution is -2.13. The third-order valence-corrected chi connectivity index (χ3v) is 5.81. The molecule has 2 N–H and O–H groups in total. The largest absolute Gasteiger partial charge is 0.488 e. The number of carbonyl (C=O) groups is 1. The molecule has 3 aromatic rings. The summed E-state index contributed by atoms with van der Waals surface area (Å²) in [4.78, 5) is 11.6. The van der Waals surface area contributed by atoms with Gasteiger partial charge in [0.25, 0.3) is 0 Å². The first-order valence-corrected chi connectivity index (χ1v) is 10.3. The lowest BCUT2D eigenvalue weighted by atomic mass is 9.97. The minimum Gasteiger partial charge on any atom is -0.488 e. The van der Waals surface area contributed by atoms with Gasteiger partial charge in [0.15, 0.2) is 0 Å². The molecule has 152 valence electrons. The van der Waals surface area contributed by atoms with Crippen molar-refractivity contribution in [1.82, 2.24) is 4.57 Å². The molecule has 1 aromatic heterocycles. The van der Waals surface area contributed by atoms with Crippen LogP contribution in [0, 0.1) is 0 Å². The average Bonchev–Trinajstić information content (AvgIpc) is 3.37. The molecular weight excluding hydrogens is 364 g/mol. The van der Waals surface area contributed by atoms with Gasteiger partial charge in [0.1, 0.15) is 5.75 Å². The maximum atomic E-state index is 11.6. The third-order valence-electron chi connectivity index (χ3n) is 5.81. The van der Waals surface area contributed by atoms with Gasteiger partial charge in [-0.1, -0.05) is 6.07 Å². The lowest BCUT2D eigenvalue weighted by molar-refractivity contribution is -0.140. The number of hydrogen-bond acceptors (Lipinski definition) is 4. The summed E-state index contributed by atoms with van der Waals surface area (Å²) in [5.74, 6) is 0.538. The number of nitrogen functional groups attached to an aromatic ring is 1. The van der Waals surface area contributed by atoms with Crippen LogP contribution >= 0.6 is 0 Å². The maximum Gasteiger partial charge on any atom is 0.305 e. The zero-order chi connectivity index (χ0) is 20.4. The van der Waals surface area contributed by atoms with Gasteiger partial charge in [0.05, 0.1) is 18.9 Å². The number of fused-ring (bicyclic) bond motifs is 1. The summed E-state index contributed by atoms with van der Waals surface area (Å²) in [6, 6.07) is 12.6. The molecule has 0 aliphatic heterocycles. The molecule has 4 rings (SSSR count). The summed E-state index contributed by atoms with van der Waals surface area (Å²) < 4.78 is 13.3. The van der Waals surface area contributed by atoms with Crippen LogP contribution in [0.3, 0.4) is 0 Å². The van der Waals surface area contributed by atoms with Crippen molar-refractivity contribution in [3.63, 3.8) is 0 Å². The monoisotopic (exact) mass is 392 g/mol. The molecule has 5 heteroatoms. The SMILES string of the molecule is COC(=O)CCc1cc(N)c(OC2CCCC2)c(-c2ccc3c(ccn3C)c2)c1. The number of aryl methyl sites for hydroxylation is 2. The number of benzene rings is 2. The van der Waals surface area contributed by atoms with Crippen molar-refractivity contribution in [3.8, 4) is 16.9 Å². The first kappa shape index (κ1) is 19.4. The molecule has 0 saturated heterocycles. The van der Waals surface area contributed by atoms with Gasteiger partial charge in [-0.25, -0.2) is 0 Å². The molecule has 1 saturated carbocycles. The molecule has 1 aliphatic rings. The predicted molar refractivity (Wildman–Crippen MR) is 116 cm³/mol. The summed E-state index contributed by atoms with van der Waals surface area (Å²) >= 11 is 0. The zero-order valence-corrected chi connectivity index (χ0v) is 17.1. The Bertz CT molecular complexity index is 1030. The van der Waals surface area contributed by atoms with Crippen LogP contribution in [0.2, 0.25) is 0 Å². The van der Waals surface area contributed by atoms with E-state index in [1.807, 2.05) is 13.1 Å².